The van der Waals surface area contributed by atoms with Crippen molar-refractivity contribution >= 4 is 21.9 Å². The van der Waals surface area contributed by atoms with Crippen LogP contribution >= 0.6 is 0 Å². The predicted octanol–water partition coefficient (Wildman–Crippen LogP) is 1.88. The molecule has 1 aliphatic heterocycles. The van der Waals surface area contributed by atoms with Gasteiger partial charge < -0.3 is 9.47 Å². The van der Waals surface area contributed by atoms with Gasteiger partial charge in [-0.25, -0.2) is 23.1 Å². The summed E-state index contributed by atoms with van der Waals surface area (Å²) in [5.74, 6) is -0.422. The second kappa shape index (κ2) is 8.11. The number of aromatic nitrogens is 4. The average Bonchev–Trinajstić information content (AvgIpc) is 3.60. The van der Waals surface area contributed by atoms with E-state index >= 15 is 0 Å². The molecule has 0 aromatic carbocycles. The second-order valence-electron chi connectivity index (χ2n) is 8.74. The molecule has 3 aliphatic rings. The summed E-state index contributed by atoms with van der Waals surface area (Å²) in [5, 5.41) is 4.18. The van der Waals surface area contributed by atoms with E-state index in [0.29, 0.717) is 37.8 Å². The molecule has 11 heteroatoms. The van der Waals surface area contributed by atoms with E-state index in [1.54, 1.807) is 12.3 Å². The molecule has 2 aliphatic carbocycles. The fourth-order valence-corrected chi connectivity index (χ4v) is 5.99. The number of carbonyl (C=O) groups excluding carboxylic acids is 1. The maximum absolute atomic E-state index is 13.0. The highest BCUT2D eigenvalue weighted by Crippen LogP contribution is 2.40. The van der Waals surface area contributed by atoms with Crippen LogP contribution in [0.25, 0.3) is 0 Å². The lowest BCUT2D eigenvalue weighted by atomic mass is 9.71. The number of carbonyl (C=O) groups is 1. The van der Waals surface area contributed by atoms with E-state index in [0.717, 1.165) is 37.1 Å². The lowest BCUT2D eigenvalue weighted by molar-refractivity contribution is -0.148. The molecular weight excluding hydrogens is 434 g/mol. The Morgan fingerprint density at radius 3 is 2.88 bits per heavy atom. The summed E-state index contributed by atoms with van der Waals surface area (Å²) in [6, 6.07) is 1.66. The fourth-order valence-electron chi connectivity index (χ4n) is 4.71. The van der Waals surface area contributed by atoms with Gasteiger partial charge in [0, 0.05) is 18.5 Å². The van der Waals surface area contributed by atoms with Gasteiger partial charge in [0.25, 0.3) is 0 Å². The van der Waals surface area contributed by atoms with Crippen LogP contribution in [0, 0.1) is 0 Å². The molecule has 2 atom stereocenters. The molecule has 1 saturated carbocycles. The summed E-state index contributed by atoms with van der Waals surface area (Å²) < 4.78 is 40.2. The topological polar surface area (TPSA) is 125 Å². The number of nitrogens with zero attached hydrogens (tertiary/aromatic N) is 4. The number of methoxy groups -OCH3 is 1. The minimum atomic E-state index is -3.51. The quantitative estimate of drug-likeness (QED) is 0.647. The summed E-state index contributed by atoms with van der Waals surface area (Å²) in [6.45, 7) is 0.728. The highest BCUT2D eigenvalue weighted by Gasteiger charge is 2.47. The first-order valence-corrected chi connectivity index (χ1v) is 12.6. The fraction of sp³-hybridized carbons (Fsp3) is 0.619. The number of nitrogens with one attached hydrogen (secondary N) is 1. The molecule has 0 radical (unpaired) electrons. The van der Waals surface area contributed by atoms with Gasteiger partial charge in [0.05, 0.1) is 24.3 Å². The van der Waals surface area contributed by atoms with Crippen LogP contribution in [0.3, 0.4) is 0 Å². The van der Waals surface area contributed by atoms with Crippen molar-refractivity contribution in [3.63, 3.8) is 0 Å². The number of hydrogen-bond acceptors (Lipinski definition) is 8. The van der Waals surface area contributed by atoms with E-state index in [1.165, 1.54) is 13.3 Å². The number of hydrogen-bond donors (Lipinski definition) is 1. The van der Waals surface area contributed by atoms with Crippen LogP contribution < -0.4 is 4.72 Å². The van der Waals surface area contributed by atoms with E-state index in [2.05, 4.69) is 19.8 Å². The van der Waals surface area contributed by atoms with Gasteiger partial charge in [-0.3, -0.25) is 9.52 Å². The first-order chi connectivity index (χ1) is 15.4. The van der Waals surface area contributed by atoms with Crippen LogP contribution in [0.1, 0.15) is 61.7 Å². The third-order valence-corrected chi connectivity index (χ3v) is 8.43. The van der Waals surface area contributed by atoms with Gasteiger partial charge in [0.1, 0.15) is 11.6 Å². The number of fused-ring (bicyclic) bond motifs is 1. The maximum Gasteiger partial charge on any atom is 0.318 e. The number of rotatable bonds is 6. The molecule has 172 valence electrons. The van der Waals surface area contributed by atoms with Gasteiger partial charge in [-0.2, -0.15) is 5.10 Å². The molecule has 2 aromatic heterocycles. The molecular formula is C21H27N5O5S. The Morgan fingerprint density at radius 2 is 2.16 bits per heavy atom. The summed E-state index contributed by atoms with van der Waals surface area (Å²) in [7, 11) is -2.15. The third kappa shape index (κ3) is 3.77. The van der Waals surface area contributed by atoms with Gasteiger partial charge in [-0.1, -0.05) is 0 Å². The third-order valence-electron chi connectivity index (χ3n) is 6.61. The van der Waals surface area contributed by atoms with Crippen LogP contribution in [0.5, 0.6) is 0 Å². The number of anilines is 1. The van der Waals surface area contributed by atoms with Crippen molar-refractivity contribution in [1.82, 2.24) is 19.7 Å². The van der Waals surface area contributed by atoms with Crippen molar-refractivity contribution in [3.8, 4) is 0 Å². The zero-order chi connectivity index (χ0) is 22.3. The molecule has 5 rings (SSSR count). The first-order valence-electron chi connectivity index (χ1n) is 11.0. The van der Waals surface area contributed by atoms with Gasteiger partial charge in [0.15, 0.2) is 0 Å². The monoisotopic (exact) mass is 461 g/mol. The van der Waals surface area contributed by atoms with E-state index in [1.807, 2.05) is 4.68 Å². The van der Waals surface area contributed by atoms with Gasteiger partial charge >= 0.3 is 5.97 Å². The van der Waals surface area contributed by atoms with Gasteiger partial charge in [-0.05, 0) is 63.0 Å². The summed E-state index contributed by atoms with van der Waals surface area (Å²) in [4.78, 5) is 21.6. The summed E-state index contributed by atoms with van der Waals surface area (Å²) in [6.07, 6.45) is 9.01. The summed E-state index contributed by atoms with van der Waals surface area (Å²) >= 11 is 0. The largest absolute Gasteiger partial charge is 0.468 e. The Kier molecular flexibility index (Phi) is 5.40. The molecule has 1 N–H and O–H groups in total. The van der Waals surface area contributed by atoms with E-state index < -0.39 is 26.7 Å². The Balaban J connectivity index is 1.46. The lowest BCUT2D eigenvalue weighted by Gasteiger charge is -2.35. The molecule has 32 heavy (non-hydrogen) atoms. The van der Waals surface area contributed by atoms with Gasteiger partial charge in [0.2, 0.25) is 16.0 Å². The van der Waals surface area contributed by atoms with Crippen LogP contribution in [0.4, 0.5) is 5.95 Å². The lowest BCUT2D eigenvalue weighted by Crippen LogP contribution is -2.43. The first kappa shape index (κ1) is 21.3. The Labute approximate surface area is 186 Å². The van der Waals surface area contributed by atoms with Crippen molar-refractivity contribution in [1.29, 1.82) is 0 Å². The highest BCUT2D eigenvalue weighted by molar-refractivity contribution is 7.93. The second-order valence-corrected chi connectivity index (χ2v) is 10.7. The molecule has 10 nitrogen and oxygen atoms in total. The standard InChI is InChI=1S/C21H27N5O5S/c1-30-19(27)21(17-8-10-22-20(24-17)25-32(28,29)15-5-6-15)9-7-16-14(12-21)13-23-26(16)18-4-2-3-11-31-18/h8,10,13,15,18H,2-7,9,11-12H2,1H3,(H,22,24,25). The van der Waals surface area contributed by atoms with Crippen LogP contribution in [-0.2, 0) is 42.5 Å². The number of sulfonamides is 1. The van der Waals surface area contributed by atoms with Crippen molar-refractivity contribution in [2.75, 3.05) is 18.4 Å². The van der Waals surface area contributed by atoms with Crippen molar-refractivity contribution in [2.24, 2.45) is 0 Å². The normalized spacial score (nSPS) is 25.7. The molecule has 0 bridgehead atoms. The maximum atomic E-state index is 13.0. The van der Waals surface area contributed by atoms with E-state index in [4.69, 9.17) is 9.47 Å². The van der Waals surface area contributed by atoms with E-state index in [9.17, 15) is 13.2 Å². The minimum Gasteiger partial charge on any atom is -0.468 e. The predicted molar refractivity (Wildman–Crippen MR) is 114 cm³/mol. The molecule has 3 heterocycles. The minimum absolute atomic E-state index is 0.0187. The average molecular weight is 462 g/mol. The molecule has 2 aromatic rings. The van der Waals surface area contributed by atoms with Crippen LogP contribution in [0.15, 0.2) is 18.5 Å². The van der Waals surface area contributed by atoms with Gasteiger partial charge in [-0.15, -0.1) is 0 Å². The molecule has 0 spiro atoms. The van der Waals surface area contributed by atoms with Crippen molar-refractivity contribution < 1.29 is 22.7 Å². The Bertz CT molecular complexity index is 1120. The summed E-state index contributed by atoms with van der Waals surface area (Å²) in [5.41, 5.74) is 1.43. The Hall–Kier alpha value is -2.53. The van der Waals surface area contributed by atoms with E-state index in [-0.39, 0.29) is 12.2 Å². The smallest absolute Gasteiger partial charge is 0.318 e. The van der Waals surface area contributed by atoms with Crippen LogP contribution in [0.2, 0.25) is 0 Å². The highest BCUT2D eigenvalue weighted by atomic mass is 32.2. The van der Waals surface area contributed by atoms with Crippen LogP contribution in [-0.4, -0.2) is 53.1 Å². The Morgan fingerprint density at radius 1 is 1.31 bits per heavy atom. The SMILES string of the molecule is COC(=O)C1(c2ccnc(NS(=O)(=O)C3CC3)n2)CCc2c(cnn2C2CCCCO2)C1. The zero-order valence-corrected chi connectivity index (χ0v) is 18.8. The van der Waals surface area contributed by atoms with Crippen molar-refractivity contribution in [3.05, 3.63) is 35.4 Å². The zero-order valence-electron chi connectivity index (χ0n) is 18.0. The molecule has 2 fully saturated rings. The molecule has 0 amide bonds. The number of ether oxygens (including phenoxy) is 2. The number of esters is 1. The molecule has 2 unspecified atom stereocenters. The molecule has 1 saturated heterocycles. The van der Waals surface area contributed by atoms with Crippen molar-refractivity contribution in [2.45, 2.75) is 68.3 Å².